The number of nitrogen functional groups attached to an aromatic ring is 1. The van der Waals surface area contributed by atoms with Crippen molar-refractivity contribution in [3.63, 3.8) is 0 Å². The van der Waals surface area contributed by atoms with Crippen molar-refractivity contribution in [2.45, 2.75) is 26.4 Å². The number of nitrogens with two attached hydrogens (primary N) is 1. The molecule has 1 aromatic carbocycles. The highest BCUT2D eigenvalue weighted by Gasteiger charge is 2.15. The lowest BCUT2D eigenvalue weighted by atomic mass is 10.1. The number of carbonyl (C=O) groups excluding carboxylic acids is 1. The van der Waals surface area contributed by atoms with Gasteiger partial charge in [0, 0.05) is 24.4 Å². The molecule has 0 unspecified atom stereocenters. The molecule has 1 amide bonds. The first-order chi connectivity index (χ1) is 9.69. The summed E-state index contributed by atoms with van der Waals surface area (Å²) in [6.45, 7) is 5.60. The number of amides is 1. The Labute approximate surface area is 122 Å². The standard InChI is InChI=1S/C14H19N3O4/c1-14(2,3)21-13(18)16-8-4-5-10-6-7-11(17(19)20)9-12(10)15/h4-7,9H,8,15H2,1-3H3,(H,16,18). The van der Waals surface area contributed by atoms with Gasteiger partial charge in [-0.1, -0.05) is 12.2 Å². The number of alkyl carbamates (subject to hydrolysis) is 1. The molecule has 114 valence electrons. The van der Waals surface area contributed by atoms with Crippen molar-refractivity contribution in [1.29, 1.82) is 0 Å². The molecule has 0 aromatic heterocycles. The molecule has 0 radical (unpaired) electrons. The largest absolute Gasteiger partial charge is 0.444 e. The second kappa shape index (κ2) is 6.74. The number of benzene rings is 1. The van der Waals surface area contributed by atoms with Gasteiger partial charge in [0.25, 0.3) is 5.69 Å². The van der Waals surface area contributed by atoms with Crippen LogP contribution in [0, 0.1) is 10.1 Å². The summed E-state index contributed by atoms with van der Waals surface area (Å²) in [5, 5.41) is 13.1. The zero-order chi connectivity index (χ0) is 16.0. The first-order valence-corrected chi connectivity index (χ1v) is 6.36. The summed E-state index contributed by atoms with van der Waals surface area (Å²) in [6.07, 6.45) is 2.85. The van der Waals surface area contributed by atoms with Crippen LogP contribution < -0.4 is 11.1 Å². The lowest BCUT2D eigenvalue weighted by Crippen LogP contribution is -2.32. The van der Waals surface area contributed by atoms with E-state index in [2.05, 4.69) is 5.32 Å². The lowest BCUT2D eigenvalue weighted by Gasteiger charge is -2.19. The van der Waals surface area contributed by atoms with Gasteiger partial charge >= 0.3 is 6.09 Å². The van der Waals surface area contributed by atoms with Gasteiger partial charge in [-0.15, -0.1) is 0 Å². The molecule has 0 fully saturated rings. The van der Waals surface area contributed by atoms with E-state index in [0.717, 1.165) is 0 Å². The van der Waals surface area contributed by atoms with Gasteiger partial charge in [0.2, 0.25) is 0 Å². The first-order valence-electron chi connectivity index (χ1n) is 6.36. The van der Waals surface area contributed by atoms with E-state index >= 15 is 0 Å². The normalized spacial score (nSPS) is 11.4. The van der Waals surface area contributed by atoms with Crippen LogP contribution in [-0.4, -0.2) is 23.2 Å². The third kappa shape index (κ3) is 5.94. The van der Waals surface area contributed by atoms with Crippen LogP contribution >= 0.6 is 0 Å². The number of nitrogens with zero attached hydrogens (tertiary/aromatic N) is 1. The molecule has 1 aromatic rings. The number of ether oxygens (including phenoxy) is 1. The van der Waals surface area contributed by atoms with Gasteiger partial charge in [-0.05, 0) is 32.4 Å². The molecule has 0 atom stereocenters. The summed E-state index contributed by atoms with van der Waals surface area (Å²) in [7, 11) is 0. The highest BCUT2D eigenvalue weighted by Crippen LogP contribution is 2.20. The molecular formula is C14H19N3O4. The van der Waals surface area contributed by atoms with E-state index in [0.29, 0.717) is 11.3 Å². The molecule has 0 saturated carbocycles. The smallest absolute Gasteiger partial charge is 0.407 e. The number of nitro benzene ring substituents is 1. The zero-order valence-electron chi connectivity index (χ0n) is 12.3. The topological polar surface area (TPSA) is 107 Å². The fourth-order valence-electron chi connectivity index (χ4n) is 1.47. The number of hydrogen-bond donors (Lipinski definition) is 2. The molecule has 7 heteroatoms. The van der Waals surface area contributed by atoms with E-state index in [1.807, 2.05) is 0 Å². The van der Waals surface area contributed by atoms with Crippen LogP contribution in [0.4, 0.5) is 16.2 Å². The fourth-order valence-corrected chi connectivity index (χ4v) is 1.47. The SMILES string of the molecule is CC(C)(C)OC(=O)NCC=Cc1ccc([N+](=O)[O-])cc1N. The quantitative estimate of drug-likeness (QED) is 0.504. The minimum Gasteiger partial charge on any atom is -0.444 e. The van der Waals surface area contributed by atoms with Gasteiger partial charge in [0.05, 0.1) is 4.92 Å². The molecule has 0 bridgehead atoms. The molecule has 0 heterocycles. The molecule has 21 heavy (non-hydrogen) atoms. The van der Waals surface area contributed by atoms with E-state index < -0.39 is 16.6 Å². The van der Waals surface area contributed by atoms with Gasteiger partial charge < -0.3 is 15.8 Å². The molecule has 0 saturated heterocycles. The summed E-state index contributed by atoms with van der Waals surface area (Å²) in [5.74, 6) is 0. The van der Waals surface area contributed by atoms with Crippen molar-refractivity contribution in [2.75, 3.05) is 12.3 Å². The highest BCUT2D eigenvalue weighted by atomic mass is 16.6. The van der Waals surface area contributed by atoms with E-state index in [4.69, 9.17) is 10.5 Å². The summed E-state index contributed by atoms with van der Waals surface area (Å²) in [5.41, 5.74) is 6.06. The van der Waals surface area contributed by atoms with Crippen LogP contribution in [0.3, 0.4) is 0 Å². The maximum atomic E-state index is 11.4. The summed E-state index contributed by atoms with van der Waals surface area (Å²) in [4.78, 5) is 21.5. The maximum absolute atomic E-state index is 11.4. The summed E-state index contributed by atoms with van der Waals surface area (Å²) in [6, 6.07) is 4.22. The molecule has 3 N–H and O–H groups in total. The number of hydrogen-bond acceptors (Lipinski definition) is 5. The van der Waals surface area contributed by atoms with Crippen LogP contribution in [0.5, 0.6) is 0 Å². The predicted molar refractivity (Wildman–Crippen MR) is 80.8 cm³/mol. The van der Waals surface area contributed by atoms with Gasteiger partial charge in [-0.25, -0.2) is 4.79 Å². The summed E-state index contributed by atoms with van der Waals surface area (Å²) < 4.78 is 5.07. The number of non-ortho nitro benzene ring substituents is 1. The minimum absolute atomic E-state index is 0.0588. The highest BCUT2D eigenvalue weighted by molar-refractivity contribution is 5.69. The average Bonchev–Trinajstić information content (AvgIpc) is 2.33. The maximum Gasteiger partial charge on any atom is 0.407 e. The van der Waals surface area contributed by atoms with Crippen LogP contribution in [0.1, 0.15) is 26.3 Å². The van der Waals surface area contributed by atoms with Gasteiger partial charge in [-0.3, -0.25) is 10.1 Å². The number of anilines is 1. The Bertz CT molecular complexity index is 562. The van der Waals surface area contributed by atoms with E-state index in [1.54, 1.807) is 39.0 Å². The van der Waals surface area contributed by atoms with Gasteiger partial charge in [0.15, 0.2) is 0 Å². The van der Waals surface area contributed by atoms with Crippen LogP contribution in [0.15, 0.2) is 24.3 Å². The average molecular weight is 293 g/mol. The van der Waals surface area contributed by atoms with Crippen molar-refractivity contribution >= 4 is 23.5 Å². The van der Waals surface area contributed by atoms with Crippen LogP contribution in [0.25, 0.3) is 6.08 Å². The number of nitro groups is 1. The van der Waals surface area contributed by atoms with Crippen molar-refractivity contribution in [3.05, 3.63) is 40.0 Å². The molecule has 0 spiro atoms. The fraction of sp³-hybridized carbons (Fsp3) is 0.357. The Hall–Kier alpha value is -2.57. The Morgan fingerprint density at radius 3 is 2.67 bits per heavy atom. The minimum atomic E-state index is -0.545. The third-order valence-electron chi connectivity index (χ3n) is 2.34. The number of nitrogens with one attached hydrogen (secondary N) is 1. The number of rotatable bonds is 4. The monoisotopic (exact) mass is 293 g/mol. The summed E-state index contributed by atoms with van der Waals surface area (Å²) >= 11 is 0. The second-order valence-electron chi connectivity index (χ2n) is 5.36. The molecule has 0 aliphatic carbocycles. The van der Waals surface area contributed by atoms with Crippen LogP contribution in [0.2, 0.25) is 0 Å². The molecule has 7 nitrogen and oxygen atoms in total. The Kier molecular flexibility index (Phi) is 5.29. The molecule has 0 aliphatic heterocycles. The van der Waals surface area contributed by atoms with E-state index in [9.17, 15) is 14.9 Å². The third-order valence-corrected chi connectivity index (χ3v) is 2.34. The Morgan fingerprint density at radius 1 is 1.48 bits per heavy atom. The van der Waals surface area contributed by atoms with Crippen molar-refractivity contribution in [2.24, 2.45) is 0 Å². The van der Waals surface area contributed by atoms with Gasteiger partial charge in [0.1, 0.15) is 5.60 Å². The van der Waals surface area contributed by atoms with Crippen molar-refractivity contribution in [1.82, 2.24) is 5.32 Å². The molecule has 1 rings (SSSR count). The van der Waals surface area contributed by atoms with Crippen LogP contribution in [-0.2, 0) is 4.74 Å². The van der Waals surface area contributed by atoms with Gasteiger partial charge in [-0.2, -0.15) is 0 Å². The van der Waals surface area contributed by atoms with E-state index in [-0.39, 0.29) is 12.2 Å². The van der Waals surface area contributed by atoms with Crippen molar-refractivity contribution in [3.8, 4) is 0 Å². The first kappa shape index (κ1) is 16.5. The van der Waals surface area contributed by atoms with Crippen molar-refractivity contribution < 1.29 is 14.5 Å². The van der Waals surface area contributed by atoms with E-state index in [1.165, 1.54) is 12.1 Å². The Balaban J connectivity index is 2.54. The molecular weight excluding hydrogens is 274 g/mol. The number of carbonyl (C=O) groups is 1. The molecule has 0 aliphatic rings. The lowest BCUT2D eigenvalue weighted by molar-refractivity contribution is -0.384. The second-order valence-corrected chi connectivity index (χ2v) is 5.36. The predicted octanol–water partition coefficient (Wildman–Crippen LogP) is 2.71. The zero-order valence-corrected chi connectivity index (χ0v) is 12.3. The Morgan fingerprint density at radius 2 is 2.14 bits per heavy atom.